The van der Waals surface area contributed by atoms with Gasteiger partial charge in [0.2, 0.25) is 5.78 Å². The van der Waals surface area contributed by atoms with Crippen molar-refractivity contribution in [2.75, 3.05) is 0 Å². The van der Waals surface area contributed by atoms with Gasteiger partial charge in [0.25, 0.3) is 0 Å². The van der Waals surface area contributed by atoms with Gasteiger partial charge >= 0.3 is 0 Å². The normalized spacial score (nSPS) is 10.1. The second-order valence-electron chi connectivity index (χ2n) is 3.14. The summed E-state index contributed by atoms with van der Waals surface area (Å²) >= 11 is 6.73. The zero-order chi connectivity index (χ0) is 11.5. The lowest BCUT2D eigenvalue weighted by Crippen LogP contribution is -2.05. The molecule has 0 bridgehead atoms. The third kappa shape index (κ3) is 2.23. The first-order valence-electron chi connectivity index (χ1n) is 4.60. The van der Waals surface area contributed by atoms with Crippen LogP contribution in [-0.2, 0) is 0 Å². The molecule has 0 N–H and O–H groups in total. The van der Waals surface area contributed by atoms with Gasteiger partial charge in [-0.3, -0.25) is 9.78 Å². The molecule has 0 aliphatic rings. The van der Waals surface area contributed by atoms with E-state index in [0.29, 0.717) is 11.3 Å². The molecule has 1 aromatic heterocycles. The Labute approximate surface area is 110 Å². The quantitative estimate of drug-likeness (QED) is 0.777. The number of hydrogen-bond donors (Lipinski definition) is 0. The molecule has 1 heterocycles. The molecule has 2 nitrogen and oxygen atoms in total. The van der Waals surface area contributed by atoms with E-state index < -0.39 is 0 Å². The van der Waals surface area contributed by atoms with E-state index in [-0.39, 0.29) is 5.78 Å². The fraction of sp³-hybridized carbons (Fsp3) is 0. The minimum Gasteiger partial charge on any atom is -0.287 e. The third-order valence-electron chi connectivity index (χ3n) is 2.09. The lowest BCUT2D eigenvalue weighted by atomic mass is 10.1. The number of carbonyl (C=O) groups is 1. The zero-order valence-electron chi connectivity index (χ0n) is 8.15. The summed E-state index contributed by atoms with van der Waals surface area (Å²) in [5.41, 5.74) is 1.04. The van der Waals surface area contributed by atoms with Crippen LogP contribution in [0.5, 0.6) is 0 Å². The molecule has 1 aromatic carbocycles. The monoisotopic (exact) mass is 339 g/mol. The van der Waals surface area contributed by atoms with Gasteiger partial charge in [-0.1, -0.05) is 12.1 Å². The molecule has 0 saturated carbocycles. The van der Waals surface area contributed by atoms with Crippen LogP contribution in [0.1, 0.15) is 16.1 Å². The summed E-state index contributed by atoms with van der Waals surface area (Å²) in [6.45, 7) is 0. The van der Waals surface area contributed by atoms with Crippen LogP contribution < -0.4 is 0 Å². The van der Waals surface area contributed by atoms with Crippen molar-refractivity contribution >= 4 is 37.6 Å². The Kier molecular flexibility index (Phi) is 3.51. The highest BCUT2D eigenvalue weighted by molar-refractivity contribution is 9.11. The molecule has 2 aromatic rings. The first-order valence-corrected chi connectivity index (χ1v) is 6.18. The van der Waals surface area contributed by atoms with Gasteiger partial charge in [0.15, 0.2) is 0 Å². The summed E-state index contributed by atoms with van der Waals surface area (Å²) in [7, 11) is 0. The Hall–Kier alpha value is -1.000. The summed E-state index contributed by atoms with van der Waals surface area (Å²) in [6.07, 6.45) is 1.61. The largest absolute Gasteiger partial charge is 0.287 e. The van der Waals surface area contributed by atoms with E-state index in [1.807, 2.05) is 18.2 Å². The highest BCUT2D eigenvalue weighted by Gasteiger charge is 2.16. The maximum absolute atomic E-state index is 12.2. The second kappa shape index (κ2) is 4.89. The first kappa shape index (κ1) is 11.5. The van der Waals surface area contributed by atoms with Crippen LogP contribution in [0.15, 0.2) is 51.5 Å². The predicted molar refractivity (Wildman–Crippen MR) is 69.5 cm³/mol. The fourth-order valence-corrected chi connectivity index (χ4v) is 2.70. The molecule has 0 amide bonds. The summed E-state index contributed by atoms with van der Waals surface area (Å²) in [6, 6.07) is 10.8. The minimum atomic E-state index is -0.0973. The number of halogens is 2. The minimum absolute atomic E-state index is 0.0973. The number of rotatable bonds is 2. The van der Waals surface area contributed by atoms with E-state index in [1.54, 1.807) is 24.4 Å². The fourth-order valence-electron chi connectivity index (χ4n) is 1.34. The van der Waals surface area contributed by atoms with Crippen molar-refractivity contribution in [2.45, 2.75) is 0 Å². The van der Waals surface area contributed by atoms with Crippen LogP contribution >= 0.6 is 31.9 Å². The number of ketones is 1. The van der Waals surface area contributed by atoms with E-state index in [0.717, 1.165) is 8.95 Å². The van der Waals surface area contributed by atoms with Gasteiger partial charge in [-0.15, -0.1) is 0 Å². The topological polar surface area (TPSA) is 30.0 Å². The molecule has 16 heavy (non-hydrogen) atoms. The molecule has 0 unspecified atom stereocenters. The van der Waals surface area contributed by atoms with Gasteiger partial charge in [-0.25, -0.2) is 0 Å². The van der Waals surface area contributed by atoms with Crippen LogP contribution in [0.4, 0.5) is 0 Å². The van der Waals surface area contributed by atoms with Gasteiger partial charge in [-0.2, -0.15) is 0 Å². The van der Waals surface area contributed by atoms with E-state index >= 15 is 0 Å². The molecule has 2 rings (SSSR count). The highest BCUT2D eigenvalue weighted by atomic mass is 79.9. The van der Waals surface area contributed by atoms with Crippen LogP contribution in [0.2, 0.25) is 0 Å². The average molecular weight is 341 g/mol. The lowest BCUT2D eigenvalue weighted by molar-refractivity contribution is 0.103. The van der Waals surface area contributed by atoms with E-state index in [9.17, 15) is 4.79 Å². The molecule has 0 radical (unpaired) electrons. The van der Waals surface area contributed by atoms with Crippen LogP contribution in [0, 0.1) is 0 Å². The Morgan fingerprint density at radius 2 is 1.69 bits per heavy atom. The SMILES string of the molecule is O=C(c1ccccn1)c1c(Br)cccc1Br. The summed E-state index contributed by atoms with van der Waals surface area (Å²) < 4.78 is 1.52. The van der Waals surface area contributed by atoms with E-state index in [4.69, 9.17) is 0 Å². The molecular weight excluding hydrogens is 334 g/mol. The van der Waals surface area contributed by atoms with Crippen molar-refractivity contribution in [1.29, 1.82) is 0 Å². The van der Waals surface area contributed by atoms with Crippen LogP contribution in [0.3, 0.4) is 0 Å². The standard InChI is InChI=1S/C12H7Br2NO/c13-8-4-3-5-9(14)11(8)12(16)10-6-1-2-7-15-10/h1-7H. The molecule has 0 aliphatic heterocycles. The number of nitrogens with zero attached hydrogens (tertiary/aromatic N) is 1. The highest BCUT2D eigenvalue weighted by Crippen LogP contribution is 2.26. The summed E-state index contributed by atoms with van der Waals surface area (Å²) in [5.74, 6) is -0.0973. The molecular formula is C12H7Br2NO. The van der Waals surface area contributed by atoms with Gasteiger partial charge in [0, 0.05) is 15.1 Å². The third-order valence-corrected chi connectivity index (χ3v) is 3.41. The maximum atomic E-state index is 12.2. The van der Waals surface area contributed by atoms with Crippen molar-refractivity contribution in [3.05, 3.63) is 62.8 Å². The smallest absolute Gasteiger partial charge is 0.213 e. The second-order valence-corrected chi connectivity index (χ2v) is 4.85. The number of pyridine rings is 1. The van der Waals surface area contributed by atoms with E-state index in [1.165, 1.54) is 0 Å². The lowest BCUT2D eigenvalue weighted by Gasteiger charge is -2.05. The van der Waals surface area contributed by atoms with Crippen LogP contribution in [-0.4, -0.2) is 10.8 Å². The van der Waals surface area contributed by atoms with Crippen molar-refractivity contribution in [2.24, 2.45) is 0 Å². The summed E-state index contributed by atoms with van der Waals surface area (Å²) in [4.78, 5) is 16.2. The maximum Gasteiger partial charge on any atom is 0.213 e. The van der Waals surface area contributed by atoms with Crippen molar-refractivity contribution < 1.29 is 4.79 Å². The number of aromatic nitrogens is 1. The van der Waals surface area contributed by atoms with Crippen LogP contribution in [0.25, 0.3) is 0 Å². The zero-order valence-corrected chi connectivity index (χ0v) is 11.3. The predicted octanol–water partition coefficient (Wildman–Crippen LogP) is 3.84. The molecule has 0 saturated heterocycles. The van der Waals surface area contributed by atoms with Crippen molar-refractivity contribution in [3.8, 4) is 0 Å². The molecule has 80 valence electrons. The van der Waals surface area contributed by atoms with Gasteiger partial charge in [0.1, 0.15) is 5.69 Å². The number of benzene rings is 1. The molecule has 0 atom stereocenters. The first-order chi connectivity index (χ1) is 7.70. The molecule has 0 fully saturated rings. The Morgan fingerprint density at radius 3 is 2.25 bits per heavy atom. The Bertz CT molecular complexity index is 506. The van der Waals surface area contributed by atoms with Crippen molar-refractivity contribution in [3.63, 3.8) is 0 Å². The van der Waals surface area contributed by atoms with Gasteiger partial charge in [0.05, 0.1) is 5.56 Å². The molecule has 0 spiro atoms. The Balaban J connectivity index is 2.50. The molecule has 0 aliphatic carbocycles. The Morgan fingerprint density at radius 1 is 1.00 bits per heavy atom. The van der Waals surface area contributed by atoms with E-state index in [2.05, 4.69) is 36.8 Å². The average Bonchev–Trinajstić information content (AvgIpc) is 2.30. The number of hydrogen-bond acceptors (Lipinski definition) is 2. The van der Waals surface area contributed by atoms with Gasteiger partial charge < -0.3 is 0 Å². The molecule has 4 heteroatoms. The summed E-state index contributed by atoms with van der Waals surface area (Å²) in [5, 5.41) is 0. The van der Waals surface area contributed by atoms with Crippen molar-refractivity contribution in [1.82, 2.24) is 4.98 Å². The van der Waals surface area contributed by atoms with Gasteiger partial charge in [-0.05, 0) is 56.1 Å². The number of carbonyl (C=O) groups excluding carboxylic acids is 1.